The van der Waals surface area contributed by atoms with E-state index in [-0.39, 0.29) is 41.5 Å². The molecule has 0 unspecified atom stereocenters. The standard InChI is InChI=1S/C23H23N5O5/c1-5-7-16-19(29)27(13-14-8-10-15(11-9-14)33-12-6-2)22-24-18-17(28(22)20(16)30)21(31)26(4)23(32)25(18)3/h2,8-11,30H,5,7,12-13H2,1,3-4H3. The number of fused-ring (bicyclic) bond motifs is 3. The SMILES string of the molecule is C#CCOc1ccc(Cn2c(=O)c(CCC)c(O)n3c4c(=O)n(C)c(=O)n(C)c4nc23)cc1. The van der Waals surface area contributed by atoms with Crippen LogP contribution < -0.4 is 21.5 Å². The fourth-order valence-corrected chi connectivity index (χ4v) is 3.86. The van der Waals surface area contributed by atoms with Gasteiger partial charge >= 0.3 is 5.69 Å². The van der Waals surface area contributed by atoms with Crippen LogP contribution in [-0.4, -0.2) is 34.8 Å². The topological polar surface area (TPSA) is 113 Å². The Labute approximate surface area is 187 Å². The maximum atomic E-state index is 13.3. The molecule has 10 heteroatoms. The van der Waals surface area contributed by atoms with Crippen LogP contribution in [0.5, 0.6) is 11.6 Å². The van der Waals surface area contributed by atoms with E-state index in [9.17, 15) is 19.5 Å². The summed E-state index contributed by atoms with van der Waals surface area (Å²) in [5.41, 5.74) is -0.525. The average Bonchev–Trinajstić information content (AvgIpc) is 3.22. The fraction of sp³-hybridized carbons (Fsp3) is 0.304. The number of hydrogen-bond acceptors (Lipinski definition) is 6. The largest absolute Gasteiger partial charge is 0.494 e. The van der Waals surface area contributed by atoms with Crippen LogP contribution in [0.15, 0.2) is 38.6 Å². The zero-order valence-electron chi connectivity index (χ0n) is 18.5. The summed E-state index contributed by atoms with van der Waals surface area (Å²) >= 11 is 0. The highest BCUT2D eigenvalue weighted by atomic mass is 16.5. The minimum absolute atomic E-state index is 0.0243. The van der Waals surface area contributed by atoms with Crippen LogP contribution in [0.1, 0.15) is 24.5 Å². The summed E-state index contributed by atoms with van der Waals surface area (Å²) in [6, 6.07) is 7.06. The number of aromatic hydroxyl groups is 1. The van der Waals surface area contributed by atoms with E-state index in [1.807, 2.05) is 6.92 Å². The molecule has 0 aliphatic heterocycles. The van der Waals surface area contributed by atoms with Crippen molar-refractivity contribution in [3.63, 3.8) is 0 Å². The van der Waals surface area contributed by atoms with Crippen LogP contribution in [-0.2, 0) is 27.1 Å². The lowest BCUT2D eigenvalue weighted by atomic mass is 10.1. The number of aromatic nitrogens is 5. The van der Waals surface area contributed by atoms with Gasteiger partial charge in [-0.15, -0.1) is 6.42 Å². The molecule has 0 saturated carbocycles. The minimum Gasteiger partial charge on any atom is -0.494 e. The van der Waals surface area contributed by atoms with Gasteiger partial charge in [0.25, 0.3) is 11.1 Å². The number of benzene rings is 1. The van der Waals surface area contributed by atoms with Crippen molar-refractivity contribution in [2.45, 2.75) is 26.3 Å². The van der Waals surface area contributed by atoms with Crippen LogP contribution >= 0.6 is 0 Å². The number of aryl methyl sites for hydroxylation is 1. The number of hydrogen-bond donors (Lipinski definition) is 1. The molecule has 3 aromatic heterocycles. The van der Waals surface area contributed by atoms with Gasteiger partial charge < -0.3 is 9.84 Å². The summed E-state index contributed by atoms with van der Waals surface area (Å²) in [7, 11) is 2.84. The Bertz CT molecular complexity index is 1600. The van der Waals surface area contributed by atoms with Crippen molar-refractivity contribution < 1.29 is 9.84 Å². The van der Waals surface area contributed by atoms with Gasteiger partial charge in [-0.3, -0.25) is 23.3 Å². The smallest absolute Gasteiger partial charge is 0.332 e. The van der Waals surface area contributed by atoms with Gasteiger partial charge in [0.1, 0.15) is 12.4 Å². The van der Waals surface area contributed by atoms with Crippen molar-refractivity contribution in [2.24, 2.45) is 14.1 Å². The van der Waals surface area contributed by atoms with E-state index in [0.29, 0.717) is 18.6 Å². The minimum atomic E-state index is -0.612. The highest BCUT2D eigenvalue weighted by Crippen LogP contribution is 2.23. The molecule has 3 heterocycles. The van der Waals surface area contributed by atoms with Gasteiger partial charge in [-0.1, -0.05) is 31.4 Å². The van der Waals surface area contributed by atoms with Gasteiger partial charge in [0, 0.05) is 14.1 Å². The molecule has 0 atom stereocenters. The lowest BCUT2D eigenvalue weighted by Gasteiger charge is -2.13. The molecule has 1 aromatic carbocycles. The molecule has 0 aliphatic rings. The first kappa shape index (κ1) is 22.0. The van der Waals surface area contributed by atoms with Crippen molar-refractivity contribution in [1.29, 1.82) is 0 Å². The number of rotatable bonds is 6. The lowest BCUT2D eigenvalue weighted by molar-refractivity contribution is 0.370. The van der Waals surface area contributed by atoms with Crippen LogP contribution in [0, 0.1) is 12.3 Å². The average molecular weight is 449 g/mol. The van der Waals surface area contributed by atoms with Gasteiger partial charge in [-0.25, -0.2) is 9.20 Å². The van der Waals surface area contributed by atoms with Crippen molar-refractivity contribution >= 4 is 16.9 Å². The first-order chi connectivity index (χ1) is 15.8. The van der Waals surface area contributed by atoms with Crippen LogP contribution in [0.25, 0.3) is 16.9 Å². The van der Waals surface area contributed by atoms with E-state index >= 15 is 0 Å². The molecular weight excluding hydrogens is 426 g/mol. The van der Waals surface area contributed by atoms with Gasteiger partial charge in [-0.05, 0) is 24.1 Å². The Kier molecular flexibility index (Phi) is 5.55. The van der Waals surface area contributed by atoms with Crippen LogP contribution in [0.3, 0.4) is 0 Å². The Hall–Kier alpha value is -4.26. The van der Waals surface area contributed by atoms with Crippen molar-refractivity contribution in [3.8, 4) is 24.0 Å². The predicted molar refractivity (Wildman–Crippen MR) is 123 cm³/mol. The van der Waals surface area contributed by atoms with Crippen molar-refractivity contribution in [3.05, 3.63) is 66.6 Å². The molecule has 10 nitrogen and oxygen atoms in total. The van der Waals surface area contributed by atoms with E-state index < -0.39 is 16.8 Å². The summed E-state index contributed by atoms with van der Waals surface area (Å²) < 4.78 is 10.2. The molecule has 33 heavy (non-hydrogen) atoms. The van der Waals surface area contributed by atoms with Crippen molar-refractivity contribution in [1.82, 2.24) is 23.1 Å². The Morgan fingerprint density at radius 1 is 1.09 bits per heavy atom. The zero-order valence-corrected chi connectivity index (χ0v) is 18.5. The summed E-state index contributed by atoms with van der Waals surface area (Å²) in [6.07, 6.45) is 6.13. The summed E-state index contributed by atoms with van der Waals surface area (Å²) in [5, 5.41) is 11.0. The first-order valence-corrected chi connectivity index (χ1v) is 10.4. The monoisotopic (exact) mass is 449 g/mol. The van der Waals surface area contributed by atoms with E-state index in [2.05, 4.69) is 10.9 Å². The molecule has 4 rings (SSSR count). The van der Waals surface area contributed by atoms with E-state index in [1.165, 1.54) is 27.6 Å². The second-order valence-corrected chi connectivity index (χ2v) is 7.71. The van der Waals surface area contributed by atoms with Gasteiger partial charge in [-0.2, -0.15) is 4.98 Å². The third-order valence-electron chi connectivity index (χ3n) is 5.55. The zero-order chi connectivity index (χ0) is 23.9. The maximum absolute atomic E-state index is 13.3. The molecular formula is C23H23N5O5. The molecule has 0 aliphatic carbocycles. The quantitative estimate of drug-likeness (QED) is 0.435. The molecule has 170 valence electrons. The number of terminal acetylenes is 1. The third kappa shape index (κ3) is 3.47. The molecule has 0 spiro atoms. The molecule has 0 radical (unpaired) electrons. The lowest BCUT2D eigenvalue weighted by Crippen LogP contribution is -2.37. The van der Waals surface area contributed by atoms with E-state index in [0.717, 1.165) is 10.1 Å². The third-order valence-corrected chi connectivity index (χ3v) is 5.55. The molecule has 0 bridgehead atoms. The first-order valence-electron chi connectivity index (χ1n) is 10.4. The van der Waals surface area contributed by atoms with Gasteiger partial charge in [0.2, 0.25) is 11.7 Å². The summed E-state index contributed by atoms with van der Waals surface area (Å²) in [6.45, 7) is 2.16. The Balaban J connectivity index is 2.01. The van der Waals surface area contributed by atoms with E-state index in [4.69, 9.17) is 11.2 Å². The number of ether oxygens (including phenoxy) is 1. The number of nitrogens with zero attached hydrogens (tertiary/aromatic N) is 5. The highest BCUT2D eigenvalue weighted by Gasteiger charge is 2.24. The molecule has 0 saturated heterocycles. The Morgan fingerprint density at radius 3 is 2.42 bits per heavy atom. The second-order valence-electron chi connectivity index (χ2n) is 7.71. The normalized spacial score (nSPS) is 11.2. The molecule has 0 fully saturated rings. The molecule has 1 N–H and O–H groups in total. The van der Waals surface area contributed by atoms with E-state index in [1.54, 1.807) is 24.3 Å². The second kappa shape index (κ2) is 8.35. The maximum Gasteiger partial charge on any atom is 0.332 e. The van der Waals surface area contributed by atoms with Crippen LogP contribution in [0.2, 0.25) is 0 Å². The number of imidazole rings is 1. The summed E-state index contributed by atoms with van der Waals surface area (Å²) in [4.78, 5) is 43.1. The van der Waals surface area contributed by atoms with Crippen molar-refractivity contribution in [2.75, 3.05) is 6.61 Å². The van der Waals surface area contributed by atoms with Crippen LogP contribution in [0.4, 0.5) is 0 Å². The van der Waals surface area contributed by atoms with Gasteiger partial charge in [0.05, 0.1) is 12.1 Å². The predicted octanol–water partition coefficient (Wildman–Crippen LogP) is 0.765. The fourth-order valence-electron chi connectivity index (χ4n) is 3.86. The van der Waals surface area contributed by atoms with Gasteiger partial charge in [0.15, 0.2) is 11.2 Å². The summed E-state index contributed by atoms with van der Waals surface area (Å²) in [5.74, 6) is 2.72. The Morgan fingerprint density at radius 2 is 1.79 bits per heavy atom. The molecule has 4 aromatic rings. The molecule has 0 amide bonds. The highest BCUT2D eigenvalue weighted by molar-refractivity contribution is 5.76.